The van der Waals surface area contributed by atoms with Crippen LogP contribution < -0.4 is 10.9 Å². The maximum atomic E-state index is 6.47. The molecule has 0 amide bonds. The fraction of sp³-hybridized carbons (Fsp3) is 0.167. The van der Waals surface area contributed by atoms with E-state index < -0.39 is 0 Å². The topological polar surface area (TPSA) is 30.7 Å². The standard InChI is InChI=1S/C24H22BCl2N3/c1-17-8-10-20(12-23(17)26)25(21-11-9-18(2)24(27)13-21)14-22-15-28-29-30(22)16-19-6-4-3-5-7-19/h3-13,15H,14,16H2,1-2H3. The summed E-state index contributed by atoms with van der Waals surface area (Å²) in [7, 11) is 0. The van der Waals surface area contributed by atoms with Crippen LogP contribution in [-0.2, 0) is 12.9 Å². The van der Waals surface area contributed by atoms with Gasteiger partial charge in [0.25, 0.3) is 0 Å². The smallest absolute Gasteiger partial charge is 0.215 e. The molecule has 3 nitrogen and oxygen atoms in total. The second-order valence-corrected chi connectivity index (χ2v) is 8.46. The lowest BCUT2D eigenvalue weighted by atomic mass is 9.38. The number of aryl methyl sites for hydroxylation is 2. The molecule has 1 heterocycles. The van der Waals surface area contributed by atoms with Crippen LogP contribution in [0.4, 0.5) is 0 Å². The molecule has 0 unspecified atom stereocenters. The fourth-order valence-corrected chi connectivity index (χ4v) is 3.99. The van der Waals surface area contributed by atoms with Gasteiger partial charge in [0.05, 0.1) is 18.4 Å². The maximum absolute atomic E-state index is 6.47. The van der Waals surface area contributed by atoms with Crippen molar-refractivity contribution in [2.24, 2.45) is 0 Å². The summed E-state index contributed by atoms with van der Waals surface area (Å²) in [6, 6.07) is 22.8. The Bertz CT molecular complexity index is 1110. The van der Waals surface area contributed by atoms with Gasteiger partial charge in [0, 0.05) is 10.0 Å². The van der Waals surface area contributed by atoms with E-state index in [4.69, 9.17) is 23.2 Å². The first-order valence-corrected chi connectivity index (χ1v) is 10.7. The molecule has 0 spiro atoms. The van der Waals surface area contributed by atoms with E-state index in [-0.39, 0.29) is 6.71 Å². The molecular weight excluding hydrogens is 412 g/mol. The predicted molar refractivity (Wildman–Crippen MR) is 127 cm³/mol. The summed E-state index contributed by atoms with van der Waals surface area (Å²) >= 11 is 12.9. The summed E-state index contributed by atoms with van der Waals surface area (Å²) in [6.45, 7) is 4.81. The Morgan fingerprint density at radius 2 is 1.43 bits per heavy atom. The van der Waals surface area contributed by atoms with E-state index in [1.54, 1.807) is 0 Å². The zero-order valence-corrected chi connectivity index (χ0v) is 18.5. The number of rotatable bonds is 6. The van der Waals surface area contributed by atoms with E-state index in [9.17, 15) is 0 Å². The molecule has 0 aliphatic carbocycles. The molecule has 0 saturated carbocycles. The second kappa shape index (κ2) is 9.07. The van der Waals surface area contributed by atoms with Gasteiger partial charge in [-0.25, -0.2) is 4.68 Å². The lowest BCUT2D eigenvalue weighted by Crippen LogP contribution is -2.45. The second-order valence-electron chi connectivity index (χ2n) is 7.64. The molecule has 0 N–H and O–H groups in total. The summed E-state index contributed by atoms with van der Waals surface area (Å²) < 4.78 is 1.97. The van der Waals surface area contributed by atoms with Crippen molar-refractivity contribution in [1.82, 2.24) is 15.0 Å². The molecule has 4 rings (SSSR count). The van der Waals surface area contributed by atoms with E-state index in [0.717, 1.165) is 44.1 Å². The van der Waals surface area contributed by atoms with E-state index in [2.05, 4.69) is 58.8 Å². The largest absolute Gasteiger partial charge is 0.246 e. The lowest BCUT2D eigenvalue weighted by molar-refractivity contribution is 0.630. The molecular formula is C24H22BCl2N3. The molecule has 3 aromatic carbocycles. The normalized spacial score (nSPS) is 10.9. The first-order chi connectivity index (χ1) is 14.5. The van der Waals surface area contributed by atoms with Crippen LogP contribution in [-0.4, -0.2) is 21.7 Å². The van der Waals surface area contributed by atoms with Crippen molar-refractivity contribution in [2.45, 2.75) is 26.7 Å². The van der Waals surface area contributed by atoms with Crippen LogP contribution in [0, 0.1) is 13.8 Å². The fourth-order valence-electron chi connectivity index (χ4n) is 3.62. The monoisotopic (exact) mass is 433 g/mol. The van der Waals surface area contributed by atoms with Gasteiger partial charge in [0.2, 0.25) is 6.71 Å². The van der Waals surface area contributed by atoms with Gasteiger partial charge in [-0.3, -0.25) is 0 Å². The molecule has 4 aromatic rings. The van der Waals surface area contributed by atoms with E-state index in [1.807, 2.05) is 42.9 Å². The average Bonchev–Trinajstić information content (AvgIpc) is 3.18. The Balaban J connectivity index is 1.71. The molecule has 0 fully saturated rings. The molecule has 0 aliphatic heterocycles. The van der Waals surface area contributed by atoms with E-state index >= 15 is 0 Å². The third-order valence-electron chi connectivity index (χ3n) is 5.48. The third kappa shape index (κ3) is 4.61. The lowest BCUT2D eigenvalue weighted by Gasteiger charge is -2.17. The molecule has 150 valence electrons. The molecule has 0 saturated heterocycles. The molecule has 6 heteroatoms. The Hall–Kier alpha value is -2.56. The SMILES string of the molecule is Cc1ccc(B(Cc2cnnn2Cc2ccccc2)c2ccc(C)c(Cl)c2)cc1Cl. The molecule has 0 radical (unpaired) electrons. The number of hydrogen-bond acceptors (Lipinski definition) is 2. The van der Waals surface area contributed by atoms with Crippen LogP contribution >= 0.6 is 23.2 Å². The Morgan fingerprint density at radius 1 is 0.833 bits per heavy atom. The van der Waals surface area contributed by atoms with Crippen LogP contribution in [0.15, 0.2) is 72.9 Å². The predicted octanol–water partition coefficient (Wildman–Crippen LogP) is 4.64. The number of benzene rings is 3. The minimum Gasteiger partial charge on any atom is -0.246 e. The molecule has 30 heavy (non-hydrogen) atoms. The first kappa shape index (κ1) is 20.7. The number of nitrogens with zero attached hydrogens (tertiary/aromatic N) is 3. The minimum atomic E-state index is 0.0919. The van der Waals surface area contributed by atoms with Gasteiger partial charge in [-0.2, -0.15) is 0 Å². The summed E-state index contributed by atoms with van der Waals surface area (Å²) in [5.74, 6) is 0. The highest BCUT2D eigenvalue weighted by molar-refractivity contribution is 6.84. The Labute approximate surface area is 187 Å². The van der Waals surface area contributed by atoms with Gasteiger partial charge in [-0.1, -0.05) is 93.9 Å². The Kier molecular flexibility index (Phi) is 6.26. The average molecular weight is 434 g/mol. The zero-order chi connectivity index (χ0) is 21.1. The van der Waals surface area contributed by atoms with Crippen molar-refractivity contribution in [2.75, 3.05) is 0 Å². The number of aromatic nitrogens is 3. The van der Waals surface area contributed by atoms with Crippen LogP contribution in [0.5, 0.6) is 0 Å². The highest BCUT2D eigenvalue weighted by Crippen LogP contribution is 2.16. The molecule has 0 bridgehead atoms. The van der Waals surface area contributed by atoms with Gasteiger partial charge in [-0.05, 0) is 49.0 Å². The summed E-state index contributed by atoms with van der Waals surface area (Å²) in [4.78, 5) is 0. The Morgan fingerprint density at radius 3 is 2.00 bits per heavy atom. The highest BCUT2D eigenvalue weighted by atomic mass is 35.5. The summed E-state index contributed by atoms with van der Waals surface area (Å²) in [5.41, 5.74) is 6.69. The summed E-state index contributed by atoms with van der Waals surface area (Å²) in [5, 5.41) is 10.1. The van der Waals surface area contributed by atoms with Crippen molar-refractivity contribution >= 4 is 40.8 Å². The van der Waals surface area contributed by atoms with Crippen molar-refractivity contribution in [3.63, 3.8) is 0 Å². The molecule has 0 atom stereocenters. The number of hydrogen-bond donors (Lipinski definition) is 0. The quantitative estimate of drug-likeness (QED) is 0.414. The molecule has 0 aliphatic rings. The van der Waals surface area contributed by atoms with Crippen LogP contribution in [0.2, 0.25) is 10.0 Å². The van der Waals surface area contributed by atoms with Crippen molar-refractivity contribution in [3.8, 4) is 0 Å². The minimum absolute atomic E-state index is 0.0919. The van der Waals surface area contributed by atoms with Gasteiger partial charge < -0.3 is 0 Å². The zero-order valence-electron chi connectivity index (χ0n) is 17.0. The van der Waals surface area contributed by atoms with Crippen LogP contribution in [0.1, 0.15) is 22.4 Å². The number of halogens is 2. The van der Waals surface area contributed by atoms with E-state index in [1.165, 1.54) is 5.56 Å². The van der Waals surface area contributed by atoms with Gasteiger partial charge in [0.1, 0.15) is 0 Å². The van der Waals surface area contributed by atoms with Gasteiger partial charge in [0.15, 0.2) is 0 Å². The summed E-state index contributed by atoms with van der Waals surface area (Å²) in [6.07, 6.45) is 2.60. The van der Waals surface area contributed by atoms with Crippen LogP contribution in [0.3, 0.4) is 0 Å². The maximum Gasteiger partial charge on any atom is 0.215 e. The van der Waals surface area contributed by atoms with Crippen molar-refractivity contribution < 1.29 is 0 Å². The highest BCUT2D eigenvalue weighted by Gasteiger charge is 2.23. The third-order valence-corrected chi connectivity index (χ3v) is 6.30. The van der Waals surface area contributed by atoms with Gasteiger partial charge >= 0.3 is 0 Å². The molecule has 1 aromatic heterocycles. The first-order valence-electron chi connectivity index (χ1n) is 9.94. The van der Waals surface area contributed by atoms with E-state index in [0.29, 0.717) is 6.54 Å². The van der Waals surface area contributed by atoms with Crippen LogP contribution in [0.25, 0.3) is 0 Å². The van der Waals surface area contributed by atoms with Gasteiger partial charge in [-0.15, -0.1) is 5.10 Å². The van der Waals surface area contributed by atoms with Crippen molar-refractivity contribution in [1.29, 1.82) is 0 Å². The van der Waals surface area contributed by atoms with Crippen molar-refractivity contribution in [3.05, 3.63) is 105 Å².